The highest BCUT2D eigenvalue weighted by molar-refractivity contribution is 5.75. The van der Waals surface area contributed by atoms with Crippen LogP contribution in [0, 0.1) is 0 Å². The van der Waals surface area contributed by atoms with E-state index >= 15 is 0 Å². The lowest BCUT2D eigenvalue weighted by Gasteiger charge is -2.21. The molecule has 120 valence electrons. The summed E-state index contributed by atoms with van der Waals surface area (Å²) in [4.78, 5) is 36.5. The highest BCUT2D eigenvalue weighted by atomic mass is 16.5. The number of primary amides is 1. The van der Waals surface area contributed by atoms with E-state index in [0.29, 0.717) is 32.7 Å². The number of hydrogen-bond donors (Lipinski definition) is 3. The molecule has 0 spiro atoms. The van der Waals surface area contributed by atoms with Crippen molar-refractivity contribution < 1.29 is 24.2 Å². The summed E-state index contributed by atoms with van der Waals surface area (Å²) in [5.74, 6) is -1.41. The van der Waals surface area contributed by atoms with E-state index in [-0.39, 0.29) is 25.8 Å². The molecule has 0 aromatic rings. The van der Waals surface area contributed by atoms with Gasteiger partial charge in [0.15, 0.2) is 0 Å². The molecule has 1 saturated heterocycles. The fraction of sp³-hybridized carbons (Fsp3) is 0.750. The van der Waals surface area contributed by atoms with Gasteiger partial charge in [0.1, 0.15) is 6.61 Å². The van der Waals surface area contributed by atoms with Gasteiger partial charge in [-0.2, -0.15) is 0 Å². The van der Waals surface area contributed by atoms with Crippen LogP contribution in [0.25, 0.3) is 0 Å². The largest absolute Gasteiger partial charge is 0.480 e. The van der Waals surface area contributed by atoms with Gasteiger partial charge in [-0.15, -0.1) is 0 Å². The van der Waals surface area contributed by atoms with Crippen LogP contribution in [0.15, 0.2) is 0 Å². The maximum Gasteiger partial charge on any atom is 0.317 e. The number of carboxylic acid groups (broad SMARTS) is 1. The zero-order valence-corrected chi connectivity index (χ0v) is 11.9. The van der Waals surface area contributed by atoms with Crippen molar-refractivity contribution in [3.63, 3.8) is 0 Å². The number of aliphatic carboxylic acids is 1. The molecule has 0 atom stereocenters. The van der Waals surface area contributed by atoms with Crippen molar-refractivity contribution in [1.29, 1.82) is 0 Å². The number of carboxylic acids is 1. The third kappa shape index (κ3) is 7.47. The second-order valence-corrected chi connectivity index (χ2v) is 4.76. The van der Waals surface area contributed by atoms with Crippen LogP contribution < -0.4 is 11.1 Å². The quantitative estimate of drug-likeness (QED) is 0.481. The van der Waals surface area contributed by atoms with Gasteiger partial charge in [-0.25, -0.2) is 4.79 Å². The Morgan fingerprint density at radius 1 is 1.19 bits per heavy atom. The number of carbonyl (C=O) groups is 3. The third-order valence-corrected chi connectivity index (χ3v) is 3.00. The van der Waals surface area contributed by atoms with Crippen LogP contribution in [-0.4, -0.2) is 85.3 Å². The zero-order chi connectivity index (χ0) is 15.7. The number of amides is 3. The van der Waals surface area contributed by atoms with E-state index in [1.165, 1.54) is 0 Å². The molecule has 0 bridgehead atoms. The van der Waals surface area contributed by atoms with Crippen molar-refractivity contribution in [1.82, 2.24) is 15.1 Å². The van der Waals surface area contributed by atoms with Crippen molar-refractivity contribution in [2.75, 3.05) is 52.5 Å². The fourth-order valence-electron chi connectivity index (χ4n) is 2.04. The number of carbonyl (C=O) groups excluding carboxylic acids is 2. The second kappa shape index (κ2) is 9.14. The smallest absolute Gasteiger partial charge is 0.317 e. The lowest BCUT2D eigenvalue weighted by atomic mass is 10.4. The van der Waals surface area contributed by atoms with Gasteiger partial charge < -0.3 is 25.8 Å². The van der Waals surface area contributed by atoms with Gasteiger partial charge in [0, 0.05) is 32.7 Å². The van der Waals surface area contributed by atoms with Gasteiger partial charge >= 0.3 is 12.0 Å². The van der Waals surface area contributed by atoms with Gasteiger partial charge in [0.2, 0.25) is 5.91 Å². The summed E-state index contributed by atoms with van der Waals surface area (Å²) >= 11 is 0. The lowest BCUT2D eigenvalue weighted by molar-refractivity contribution is -0.138. The minimum atomic E-state index is -0.862. The Labute approximate surface area is 123 Å². The first-order valence-corrected chi connectivity index (χ1v) is 6.82. The predicted octanol–water partition coefficient (Wildman–Crippen LogP) is -1.71. The Bertz CT molecular complexity index is 377. The van der Waals surface area contributed by atoms with Crippen LogP contribution >= 0.6 is 0 Å². The molecule has 1 fully saturated rings. The molecule has 0 aliphatic carbocycles. The summed E-state index contributed by atoms with van der Waals surface area (Å²) in [7, 11) is 0. The normalized spacial score (nSPS) is 16.3. The molecule has 0 radical (unpaired) electrons. The van der Waals surface area contributed by atoms with Crippen molar-refractivity contribution in [3.8, 4) is 0 Å². The van der Waals surface area contributed by atoms with Crippen molar-refractivity contribution >= 4 is 17.9 Å². The molecular formula is C12H22N4O5. The van der Waals surface area contributed by atoms with Crippen molar-refractivity contribution in [3.05, 3.63) is 0 Å². The number of nitrogens with one attached hydrogen (secondary N) is 1. The molecule has 9 heteroatoms. The van der Waals surface area contributed by atoms with E-state index < -0.39 is 11.9 Å². The van der Waals surface area contributed by atoms with Gasteiger partial charge in [-0.05, 0) is 6.42 Å². The van der Waals surface area contributed by atoms with Gasteiger partial charge in [-0.1, -0.05) is 0 Å². The number of urea groups is 1. The van der Waals surface area contributed by atoms with E-state index in [2.05, 4.69) is 5.32 Å². The Hall–Kier alpha value is -1.87. The van der Waals surface area contributed by atoms with Gasteiger partial charge in [-0.3, -0.25) is 14.5 Å². The lowest BCUT2D eigenvalue weighted by Crippen LogP contribution is -2.43. The molecule has 0 saturated carbocycles. The number of nitrogens with zero attached hydrogens (tertiary/aromatic N) is 2. The molecule has 1 heterocycles. The summed E-state index contributed by atoms with van der Waals surface area (Å²) in [6, 6.07) is -0.213. The van der Waals surface area contributed by atoms with E-state index in [1.807, 2.05) is 4.90 Å². The molecule has 0 aromatic heterocycles. The highest BCUT2D eigenvalue weighted by Gasteiger charge is 2.19. The van der Waals surface area contributed by atoms with E-state index in [0.717, 1.165) is 6.42 Å². The predicted molar refractivity (Wildman–Crippen MR) is 73.7 cm³/mol. The zero-order valence-electron chi connectivity index (χ0n) is 11.9. The maximum atomic E-state index is 11.9. The minimum Gasteiger partial charge on any atom is -0.480 e. The first kappa shape index (κ1) is 17.2. The molecule has 0 unspecified atom stereocenters. The Morgan fingerprint density at radius 3 is 2.62 bits per heavy atom. The Morgan fingerprint density at radius 2 is 1.95 bits per heavy atom. The topological polar surface area (TPSA) is 125 Å². The summed E-state index contributed by atoms with van der Waals surface area (Å²) in [6.07, 6.45) is 0.735. The standard InChI is InChI=1S/C12H22N4O5/c13-10(17)9-21-7-2-14-12(20)16-4-1-3-15(5-6-16)8-11(18)19/h1-9H2,(H2,13,17)(H,14,20)(H,18,19). The molecule has 21 heavy (non-hydrogen) atoms. The van der Waals surface area contributed by atoms with Crippen LogP contribution in [0.1, 0.15) is 6.42 Å². The van der Waals surface area contributed by atoms with Gasteiger partial charge in [0.05, 0.1) is 13.2 Å². The van der Waals surface area contributed by atoms with E-state index in [4.69, 9.17) is 15.6 Å². The van der Waals surface area contributed by atoms with Crippen molar-refractivity contribution in [2.45, 2.75) is 6.42 Å². The average Bonchev–Trinajstić information content (AvgIpc) is 2.62. The molecule has 1 rings (SSSR count). The number of ether oxygens (including phenoxy) is 1. The molecule has 0 aromatic carbocycles. The molecule has 4 N–H and O–H groups in total. The van der Waals surface area contributed by atoms with Crippen LogP contribution in [0.4, 0.5) is 4.79 Å². The summed E-state index contributed by atoms with van der Waals surface area (Å²) in [5, 5.41) is 11.4. The summed E-state index contributed by atoms with van der Waals surface area (Å²) in [5.41, 5.74) is 4.91. The summed E-state index contributed by atoms with van der Waals surface area (Å²) < 4.78 is 4.94. The second-order valence-electron chi connectivity index (χ2n) is 4.76. The first-order chi connectivity index (χ1) is 9.99. The molecular weight excluding hydrogens is 280 g/mol. The number of nitrogens with two attached hydrogens (primary N) is 1. The first-order valence-electron chi connectivity index (χ1n) is 6.82. The molecule has 3 amide bonds. The number of hydrogen-bond acceptors (Lipinski definition) is 5. The third-order valence-electron chi connectivity index (χ3n) is 3.00. The maximum absolute atomic E-state index is 11.9. The van der Waals surface area contributed by atoms with Crippen LogP contribution in [-0.2, 0) is 14.3 Å². The minimum absolute atomic E-state index is 0.00356. The van der Waals surface area contributed by atoms with Crippen LogP contribution in [0.5, 0.6) is 0 Å². The van der Waals surface area contributed by atoms with Gasteiger partial charge in [0.25, 0.3) is 0 Å². The Balaban J connectivity index is 2.22. The summed E-state index contributed by atoms with van der Waals surface area (Å²) in [6.45, 7) is 2.62. The van der Waals surface area contributed by atoms with Crippen molar-refractivity contribution in [2.24, 2.45) is 5.73 Å². The van der Waals surface area contributed by atoms with E-state index in [1.54, 1.807) is 4.90 Å². The number of rotatable bonds is 7. The fourth-order valence-corrected chi connectivity index (χ4v) is 2.04. The van der Waals surface area contributed by atoms with E-state index in [9.17, 15) is 14.4 Å². The monoisotopic (exact) mass is 302 g/mol. The SMILES string of the molecule is NC(=O)COCCNC(=O)N1CCCN(CC(=O)O)CC1. The highest BCUT2D eigenvalue weighted by Crippen LogP contribution is 2.03. The van der Waals surface area contributed by atoms with Crippen LogP contribution in [0.3, 0.4) is 0 Å². The molecule has 1 aliphatic rings. The molecule has 9 nitrogen and oxygen atoms in total. The average molecular weight is 302 g/mol. The Kier molecular flexibility index (Phi) is 7.48. The molecule has 1 aliphatic heterocycles. The van der Waals surface area contributed by atoms with Crippen LogP contribution in [0.2, 0.25) is 0 Å².